The molecule has 0 aliphatic rings. The molecule has 1 amide bonds. The van der Waals surface area contributed by atoms with Crippen molar-refractivity contribution in [1.82, 2.24) is 5.48 Å². The van der Waals surface area contributed by atoms with Crippen molar-refractivity contribution in [3.8, 4) is 0 Å². The number of hydrogen-bond acceptors (Lipinski definition) is 7. The molecule has 0 fully saturated rings. The Morgan fingerprint density at radius 1 is 1.37 bits per heavy atom. The van der Waals surface area contributed by atoms with Gasteiger partial charge in [0, 0.05) is 6.08 Å². The highest BCUT2D eigenvalue weighted by Crippen LogP contribution is 2.02. The topological polar surface area (TPSA) is 111 Å². The molecule has 19 heavy (non-hydrogen) atoms. The molecule has 0 saturated carbocycles. The molecule has 0 heterocycles. The second-order valence-electron chi connectivity index (χ2n) is 3.09. The molecule has 106 valence electrons. The van der Waals surface area contributed by atoms with E-state index in [1.807, 2.05) is 0 Å². The average molecular weight is 273 g/mol. The molecular weight excluding hydrogens is 258 g/mol. The van der Waals surface area contributed by atoms with Gasteiger partial charge in [-0.15, -0.1) is 5.48 Å². The Morgan fingerprint density at radius 2 is 2.00 bits per heavy atom. The summed E-state index contributed by atoms with van der Waals surface area (Å²) in [6.45, 7) is 7.58. The van der Waals surface area contributed by atoms with E-state index in [0.717, 1.165) is 6.08 Å². The summed E-state index contributed by atoms with van der Waals surface area (Å²) in [5.74, 6) is -1.85. The molecule has 0 aromatic heterocycles. The van der Waals surface area contributed by atoms with Crippen LogP contribution in [0.2, 0.25) is 0 Å². The van der Waals surface area contributed by atoms with Crippen LogP contribution in [0, 0.1) is 0 Å². The number of nitrogens with one attached hydrogen (secondary N) is 1. The van der Waals surface area contributed by atoms with Crippen LogP contribution in [-0.4, -0.2) is 42.5 Å². The Hall–Kier alpha value is -2.35. The number of carbonyl (C=O) groups is 3. The minimum absolute atomic E-state index is 0.102. The maximum Gasteiger partial charge on any atom is 0.440 e. The van der Waals surface area contributed by atoms with E-state index >= 15 is 0 Å². The second-order valence-corrected chi connectivity index (χ2v) is 3.09. The number of rotatable bonds is 6. The van der Waals surface area contributed by atoms with Gasteiger partial charge in [0.05, 0.1) is 12.2 Å². The third-order valence-electron chi connectivity index (χ3n) is 1.72. The Kier molecular flexibility index (Phi) is 7.62. The number of ether oxygens (including phenoxy) is 2. The van der Waals surface area contributed by atoms with E-state index in [-0.39, 0.29) is 6.61 Å². The SMILES string of the molecule is C=CC(=O)OCC(O)C(=C)C(=O)ONC(=O)OCC. The highest BCUT2D eigenvalue weighted by molar-refractivity contribution is 5.89. The van der Waals surface area contributed by atoms with Gasteiger partial charge < -0.3 is 19.4 Å². The Morgan fingerprint density at radius 3 is 2.53 bits per heavy atom. The molecule has 0 saturated heterocycles. The number of hydrogen-bond donors (Lipinski definition) is 2. The van der Waals surface area contributed by atoms with Gasteiger partial charge in [0.15, 0.2) is 0 Å². The molecule has 0 spiro atoms. The first kappa shape index (κ1) is 16.6. The van der Waals surface area contributed by atoms with Crippen LogP contribution < -0.4 is 5.48 Å². The van der Waals surface area contributed by atoms with E-state index < -0.39 is 36.3 Å². The summed E-state index contributed by atoms with van der Waals surface area (Å²) < 4.78 is 8.93. The Bertz CT molecular complexity index is 377. The molecule has 0 rings (SSSR count). The minimum atomic E-state index is -1.46. The average Bonchev–Trinajstić information content (AvgIpc) is 2.40. The summed E-state index contributed by atoms with van der Waals surface area (Å²) in [4.78, 5) is 37.1. The Labute approximate surface area is 109 Å². The highest BCUT2D eigenvalue weighted by atomic mass is 16.7. The van der Waals surface area contributed by atoms with E-state index in [9.17, 15) is 19.5 Å². The standard InChI is InChI=1S/C11H15NO7/c1-4-9(14)18-6-8(13)7(3)10(15)19-12-11(16)17-5-2/h4,8,13H,1,3,5-6H2,2H3,(H,12,16). The number of amides is 1. The van der Waals surface area contributed by atoms with Crippen molar-refractivity contribution in [2.75, 3.05) is 13.2 Å². The molecule has 8 nitrogen and oxygen atoms in total. The third-order valence-corrected chi connectivity index (χ3v) is 1.72. The number of hydroxylamine groups is 1. The van der Waals surface area contributed by atoms with E-state index in [2.05, 4.69) is 27.5 Å². The quantitative estimate of drug-likeness (QED) is 0.299. The second kappa shape index (κ2) is 8.70. The molecule has 0 aromatic carbocycles. The number of aliphatic hydroxyl groups excluding tert-OH is 1. The van der Waals surface area contributed by atoms with Crippen LogP contribution in [-0.2, 0) is 23.9 Å². The summed E-state index contributed by atoms with van der Waals surface area (Å²) in [5.41, 5.74) is 1.29. The number of carbonyl (C=O) groups excluding carboxylic acids is 3. The zero-order valence-corrected chi connectivity index (χ0v) is 10.4. The lowest BCUT2D eigenvalue weighted by molar-refractivity contribution is -0.148. The fraction of sp³-hybridized carbons (Fsp3) is 0.364. The first-order valence-corrected chi connectivity index (χ1v) is 5.22. The molecule has 0 aromatic rings. The molecule has 0 radical (unpaired) electrons. The van der Waals surface area contributed by atoms with Crippen molar-refractivity contribution in [3.05, 3.63) is 24.8 Å². The third kappa shape index (κ3) is 6.84. The maximum atomic E-state index is 11.3. The number of esters is 1. The molecule has 1 atom stereocenters. The zero-order valence-electron chi connectivity index (χ0n) is 10.4. The van der Waals surface area contributed by atoms with E-state index in [1.165, 1.54) is 0 Å². The molecule has 0 bridgehead atoms. The van der Waals surface area contributed by atoms with Gasteiger partial charge in [0.1, 0.15) is 12.7 Å². The molecule has 0 aliphatic carbocycles. The number of aliphatic hydroxyl groups is 1. The van der Waals surface area contributed by atoms with Crippen molar-refractivity contribution < 1.29 is 33.8 Å². The lowest BCUT2D eigenvalue weighted by Crippen LogP contribution is -2.32. The van der Waals surface area contributed by atoms with Crippen LogP contribution in [0.4, 0.5) is 4.79 Å². The summed E-state index contributed by atoms with van der Waals surface area (Å²) in [7, 11) is 0. The zero-order chi connectivity index (χ0) is 14.8. The van der Waals surface area contributed by atoms with E-state index in [1.54, 1.807) is 12.4 Å². The van der Waals surface area contributed by atoms with Crippen molar-refractivity contribution in [1.29, 1.82) is 0 Å². The summed E-state index contributed by atoms with van der Waals surface area (Å²) in [6, 6.07) is 0. The molecule has 0 aliphatic heterocycles. The van der Waals surface area contributed by atoms with Gasteiger partial charge in [0.2, 0.25) is 0 Å². The lowest BCUT2D eigenvalue weighted by atomic mass is 10.2. The molecule has 1 unspecified atom stereocenters. The van der Waals surface area contributed by atoms with Crippen molar-refractivity contribution in [2.24, 2.45) is 0 Å². The van der Waals surface area contributed by atoms with Gasteiger partial charge in [-0.05, 0) is 6.92 Å². The molecular formula is C11H15NO7. The first-order chi connectivity index (χ1) is 8.92. The van der Waals surface area contributed by atoms with Gasteiger partial charge in [-0.2, -0.15) is 0 Å². The summed E-state index contributed by atoms with van der Waals surface area (Å²) in [5, 5.41) is 9.45. The minimum Gasteiger partial charge on any atom is -0.459 e. The van der Waals surface area contributed by atoms with Crippen molar-refractivity contribution >= 4 is 18.0 Å². The lowest BCUT2D eigenvalue weighted by Gasteiger charge is -2.12. The van der Waals surface area contributed by atoms with Crippen LogP contribution >= 0.6 is 0 Å². The maximum absolute atomic E-state index is 11.3. The largest absolute Gasteiger partial charge is 0.459 e. The normalized spacial score (nSPS) is 10.8. The van der Waals surface area contributed by atoms with Crippen LogP contribution in [0.25, 0.3) is 0 Å². The van der Waals surface area contributed by atoms with Gasteiger partial charge in [-0.3, -0.25) is 0 Å². The smallest absolute Gasteiger partial charge is 0.440 e. The van der Waals surface area contributed by atoms with E-state index in [0.29, 0.717) is 0 Å². The van der Waals surface area contributed by atoms with Gasteiger partial charge in [-0.1, -0.05) is 13.2 Å². The Balaban J connectivity index is 4.10. The van der Waals surface area contributed by atoms with Crippen LogP contribution in [0.15, 0.2) is 24.8 Å². The van der Waals surface area contributed by atoms with Gasteiger partial charge >= 0.3 is 18.0 Å². The molecule has 2 N–H and O–H groups in total. The van der Waals surface area contributed by atoms with Crippen molar-refractivity contribution in [3.63, 3.8) is 0 Å². The predicted molar refractivity (Wildman–Crippen MR) is 62.6 cm³/mol. The van der Waals surface area contributed by atoms with Crippen LogP contribution in [0.5, 0.6) is 0 Å². The summed E-state index contributed by atoms with van der Waals surface area (Å²) in [6.07, 6.45) is -1.52. The van der Waals surface area contributed by atoms with E-state index in [4.69, 9.17) is 0 Å². The monoisotopic (exact) mass is 273 g/mol. The van der Waals surface area contributed by atoms with Gasteiger partial charge in [0.25, 0.3) is 0 Å². The predicted octanol–water partition coefficient (Wildman–Crippen LogP) is -0.163. The fourth-order valence-electron chi connectivity index (χ4n) is 0.771. The highest BCUT2D eigenvalue weighted by Gasteiger charge is 2.20. The van der Waals surface area contributed by atoms with Crippen LogP contribution in [0.1, 0.15) is 6.92 Å². The van der Waals surface area contributed by atoms with Crippen LogP contribution in [0.3, 0.4) is 0 Å². The van der Waals surface area contributed by atoms with Gasteiger partial charge in [-0.25, -0.2) is 14.4 Å². The summed E-state index contributed by atoms with van der Waals surface area (Å²) >= 11 is 0. The molecule has 8 heteroatoms. The van der Waals surface area contributed by atoms with Crippen molar-refractivity contribution in [2.45, 2.75) is 13.0 Å². The first-order valence-electron chi connectivity index (χ1n) is 5.22. The fourth-order valence-corrected chi connectivity index (χ4v) is 0.771.